The van der Waals surface area contributed by atoms with Crippen molar-refractivity contribution >= 4 is 51.6 Å². The molecule has 1 aromatic heterocycles. The number of halogens is 2. The first-order chi connectivity index (χ1) is 14.6. The maximum Gasteiger partial charge on any atom is 0.262 e. The van der Waals surface area contributed by atoms with Gasteiger partial charge in [-0.15, -0.1) is 12.4 Å². The summed E-state index contributed by atoms with van der Waals surface area (Å²) < 4.78 is 11.9. The molecule has 0 fully saturated rings. The first-order valence-corrected chi connectivity index (χ1v) is 9.78. The summed E-state index contributed by atoms with van der Waals surface area (Å²) in [5.74, 6) is 0.598. The van der Waals surface area contributed by atoms with Gasteiger partial charge >= 0.3 is 0 Å². The number of benzene rings is 2. The minimum Gasteiger partial charge on any atom is -0.493 e. The SMILES string of the molecule is COc1cc(/C=C(\C#N)c2ccccn2)ccc1OCC(=O)Nc1ccc(Br)cc1.Cl. The van der Waals surface area contributed by atoms with Crippen LogP contribution in [0.2, 0.25) is 0 Å². The molecule has 3 rings (SSSR count). The number of hydrogen-bond donors (Lipinski definition) is 1. The summed E-state index contributed by atoms with van der Waals surface area (Å²) >= 11 is 3.35. The van der Waals surface area contributed by atoms with Crippen LogP contribution in [0, 0.1) is 11.3 Å². The first kappa shape index (κ1) is 23.9. The number of aromatic nitrogens is 1. The number of nitrogens with one attached hydrogen (secondary N) is 1. The lowest BCUT2D eigenvalue weighted by Gasteiger charge is -2.12. The van der Waals surface area contributed by atoms with Crippen LogP contribution in [0.25, 0.3) is 11.6 Å². The third kappa shape index (κ3) is 6.85. The predicted octanol–water partition coefficient (Wildman–Crippen LogP) is 5.36. The van der Waals surface area contributed by atoms with Gasteiger partial charge in [0.05, 0.1) is 18.4 Å². The molecule has 0 radical (unpaired) electrons. The number of allylic oxidation sites excluding steroid dienone is 1. The fraction of sp³-hybridized carbons (Fsp3) is 0.0870. The lowest BCUT2D eigenvalue weighted by atomic mass is 10.1. The van der Waals surface area contributed by atoms with E-state index in [1.165, 1.54) is 7.11 Å². The highest BCUT2D eigenvalue weighted by Gasteiger charge is 2.10. The van der Waals surface area contributed by atoms with Crippen LogP contribution in [0.15, 0.2) is 71.3 Å². The molecule has 0 spiro atoms. The van der Waals surface area contributed by atoms with Crippen molar-refractivity contribution in [3.8, 4) is 17.6 Å². The molecule has 0 saturated heterocycles. The van der Waals surface area contributed by atoms with Gasteiger partial charge in [-0.3, -0.25) is 9.78 Å². The van der Waals surface area contributed by atoms with E-state index in [0.717, 1.165) is 10.0 Å². The van der Waals surface area contributed by atoms with Gasteiger partial charge < -0.3 is 14.8 Å². The monoisotopic (exact) mass is 499 g/mol. The van der Waals surface area contributed by atoms with Crippen LogP contribution in [0.1, 0.15) is 11.3 Å². The number of carbonyl (C=O) groups excluding carboxylic acids is 1. The average molecular weight is 501 g/mol. The minimum atomic E-state index is -0.287. The number of amides is 1. The van der Waals surface area contributed by atoms with Gasteiger partial charge in [-0.25, -0.2) is 0 Å². The van der Waals surface area contributed by atoms with Crippen LogP contribution in [-0.2, 0) is 4.79 Å². The maximum absolute atomic E-state index is 12.1. The molecule has 31 heavy (non-hydrogen) atoms. The van der Waals surface area contributed by atoms with Gasteiger partial charge in [0.15, 0.2) is 18.1 Å². The number of nitrogens with zero attached hydrogens (tertiary/aromatic N) is 2. The Bertz CT molecular complexity index is 1100. The zero-order chi connectivity index (χ0) is 21.3. The van der Waals surface area contributed by atoms with Crippen molar-refractivity contribution < 1.29 is 14.3 Å². The smallest absolute Gasteiger partial charge is 0.262 e. The molecule has 158 valence electrons. The molecule has 1 N–H and O–H groups in total. The van der Waals surface area contributed by atoms with Gasteiger partial charge in [-0.05, 0) is 60.2 Å². The number of anilines is 1. The summed E-state index contributed by atoms with van der Waals surface area (Å²) in [6, 6.07) is 20.0. The van der Waals surface area contributed by atoms with E-state index in [1.54, 1.807) is 54.7 Å². The number of carbonyl (C=O) groups is 1. The van der Waals surface area contributed by atoms with Gasteiger partial charge in [0, 0.05) is 16.4 Å². The molecule has 0 aliphatic heterocycles. The van der Waals surface area contributed by atoms with Crippen LogP contribution in [0.3, 0.4) is 0 Å². The number of nitriles is 1. The van der Waals surface area contributed by atoms with Crippen LogP contribution in [-0.4, -0.2) is 24.6 Å². The summed E-state index contributed by atoms with van der Waals surface area (Å²) in [4.78, 5) is 16.3. The predicted molar refractivity (Wildman–Crippen MR) is 126 cm³/mol. The molecule has 6 nitrogen and oxygen atoms in total. The fourth-order valence-corrected chi connectivity index (χ4v) is 2.88. The second kappa shape index (κ2) is 11.7. The van der Waals surface area contributed by atoms with Crippen LogP contribution < -0.4 is 14.8 Å². The quantitative estimate of drug-likeness (QED) is 0.442. The summed E-state index contributed by atoms with van der Waals surface area (Å²) in [5, 5.41) is 12.2. The molecular weight excluding hydrogens is 482 g/mol. The van der Waals surface area contributed by atoms with Crippen LogP contribution in [0.4, 0.5) is 5.69 Å². The van der Waals surface area contributed by atoms with Gasteiger partial charge in [-0.2, -0.15) is 5.26 Å². The molecule has 8 heteroatoms. The normalized spacial score (nSPS) is 10.4. The maximum atomic E-state index is 12.1. The summed E-state index contributed by atoms with van der Waals surface area (Å²) in [6.07, 6.45) is 3.35. The van der Waals surface area contributed by atoms with Crippen molar-refractivity contribution in [2.45, 2.75) is 0 Å². The van der Waals surface area contributed by atoms with E-state index < -0.39 is 0 Å². The fourth-order valence-electron chi connectivity index (χ4n) is 2.62. The Morgan fingerprint density at radius 3 is 2.58 bits per heavy atom. The van der Waals surface area contributed by atoms with E-state index >= 15 is 0 Å². The van der Waals surface area contributed by atoms with E-state index in [2.05, 4.69) is 32.3 Å². The van der Waals surface area contributed by atoms with Gasteiger partial charge in [-0.1, -0.05) is 28.1 Å². The van der Waals surface area contributed by atoms with Crippen molar-refractivity contribution in [2.24, 2.45) is 0 Å². The Morgan fingerprint density at radius 2 is 1.94 bits per heavy atom. The molecule has 0 unspecified atom stereocenters. The second-order valence-electron chi connectivity index (χ2n) is 6.14. The Hall–Kier alpha value is -3.34. The Morgan fingerprint density at radius 1 is 1.16 bits per heavy atom. The summed E-state index contributed by atoms with van der Waals surface area (Å²) in [6.45, 7) is -0.168. The van der Waals surface area contributed by atoms with E-state index in [9.17, 15) is 10.1 Å². The van der Waals surface area contributed by atoms with Crippen LogP contribution >= 0.6 is 28.3 Å². The van der Waals surface area contributed by atoms with Crippen molar-refractivity contribution in [1.82, 2.24) is 4.98 Å². The van der Waals surface area contributed by atoms with Crippen molar-refractivity contribution in [2.75, 3.05) is 19.0 Å². The molecule has 0 bridgehead atoms. The van der Waals surface area contributed by atoms with E-state index in [1.807, 2.05) is 18.2 Å². The van der Waals surface area contributed by atoms with E-state index in [4.69, 9.17) is 9.47 Å². The Labute approximate surface area is 195 Å². The van der Waals surface area contributed by atoms with Gasteiger partial charge in [0.25, 0.3) is 5.91 Å². The van der Waals surface area contributed by atoms with E-state index in [0.29, 0.717) is 28.5 Å². The van der Waals surface area contributed by atoms with Gasteiger partial charge in [0.1, 0.15) is 6.07 Å². The number of pyridine rings is 1. The standard InChI is InChI=1S/C23H18BrN3O3.ClH/c1-29-22-13-16(12-17(14-25)20-4-2-3-11-26-20)5-10-21(22)30-15-23(28)27-19-8-6-18(24)7-9-19;/h2-13H,15H2,1H3,(H,27,28);1H/b17-12+;. The zero-order valence-corrected chi connectivity index (χ0v) is 18.9. The Kier molecular flexibility index (Phi) is 9.07. The first-order valence-electron chi connectivity index (χ1n) is 8.98. The largest absolute Gasteiger partial charge is 0.493 e. The highest BCUT2D eigenvalue weighted by Crippen LogP contribution is 2.29. The highest BCUT2D eigenvalue weighted by atomic mass is 79.9. The van der Waals surface area contributed by atoms with Crippen molar-refractivity contribution in [3.63, 3.8) is 0 Å². The average Bonchev–Trinajstić information content (AvgIpc) is 2.78. The number of methoxy groups -OCH3 is 1. The third-order valence-corrected chi connectivity index (χ3v) is 4.58. The summed E-state index contributed by atoms with van der Waals surface area (Å²) in [5.41, 5.74) is 2.45. The minimum absolute atomic E-state index is 0. The van der Waals surface area contributed by atoms with Crippen molar-refractivity contribution in [3.05, 3.63) is 82.6 Å². The second-order valence-corrected chi connectivity index (χ2v) is 7.05. The molecule has 1 heterocycles. The molecule has 0 saturated carbocycles. The van der Waals surface area contributed by atoms with E-state index in [-0.39, 0.29) is 24.9 Å². The molecular formula is C23H19BrClN3O3. The molecule has 0 aliphatic carbocycles. The lowest BCUT2D eigenvalue weighted by molar-refractivity contribution is -0.118. The van der Waals surface area contributed by atoms with Crippen LogP contribution in [0.5, 0.6) is 11.5 Å². The number of ether oxygens (including phenoxy) is 2. The topological polar surface area (TPSA) is 84.2 Å². The molecule has 0 atom stereocenters. The molecule has 3 aromatic rings. The number of rotatable bonds is 7. The third-order valence-electron chi connectivity index (χ3n) is 4.05. The molecule has 2 aromatic carbocycles. The zero-order valence-electron chi connectivity index (χ0n) is 16.5. The lowest BCUT2D eigenvalue weighted by Crippen LogP contribution is -2.20. The number of hydrogen-bond acceptors (Lipinski definition) is 5. The van der Waals surface area contributed by atoms with Crippen molar-refractivity contribution in [1.29, 1.82) is 5.26 Å². The molecule has 0 aliphatic rings. The Balaban J connectivity index is 0.00000341. The molecule has 1 amide bonds. The highest BCUT2D eigenvalue weighted by molar-refractivity contribution is 9.10. The summed E-state index contributed by atoms with van der Waals surface area (Å²) in [7, 11) is 1.52. The van der Waals surface area contributed by atoms with Gasteiger partial charge in [0.2, 0.25) is 0 Å².